The van der Waals surface area contributed by atoms with Gasteiger partial charge in [-0.2, -0.15) is 0 Å². The van der Waals surface area contributed by atoms with Crippen LogP contribution < -0.4 is 10.6 Å². The Kier molecular flexibility index (Phi) is 6.05. The van der Waals surface area contributed by atoms with Gasteiger partial charge in [-0.15, -0.1) is 11.8 Å². The fourth-order valence-corrected chi connectivity index (χ4v) is 2.23. The summed E-state index contributed by atoms with van der Waals surface area (Å²) in [5, 5.41) is 6.04. The minimum absolute atomic E-state index is 0.000942. The highest BCUT2D eigenvalue weighted by Gasteiger charge is 2.21. The number of nitrogens with one attached hydrogen (secondary N) is 2. The van der Waals surface area contributed by atoms with Gasteiger partial charge in [-0.25, -0.2) is 0 Å². The molecule has 1 aliphatic rings. The van der Waals surface area contributed by atoms with Gasteiger partial charge >= 0.3 is 0 Å². The molecule has 0 radical (unpaired) electrons. The molecule has 0 aromatic rings. The lowest BCUT2D eigenvalue weighted by Crippen LogP contribution is -2.42. The van der Waals surface area contributed by atoms with E-state index < -0.39 is 0 Å². The average Bonchev–Trinajstić information content (AvgIpc) is 2.69. The number of carbonyl (C=O) groups is 1. The quantitative estimate of drug-likeness (QED) is 0.658. The first-order valence-electron chi connectivity index (χ1n) is 5.40. The van der Waals surface area contributed by atoms with Crippen LogP contribution in [0.15, 0.2) is 0 Å². The van der Waals surface area contributed by atoms with Gasteiger partial charge in [0.15, 0.2) is 0 Å². The van der Waals surface area contributed by atoms with Gasteiger partial charge in [-0.3, -0.25) is 10.1 Å². The van der Waals surface area contributed by atoms with Crippen molar-refractivity contribution in [1.82, 2.24) is 10.6 Å². The zero-order chi connectivity index (χ0) is 11.1. The Hall–Kier alpha value is -0.260. The molecular formula is C10H20N2O2S. The minimum Gasteiger partial charge on any atom is -0.379 e. The lowest BCUT2D eigenvalue weighted by molar-refractivity contribution is -0.122. The number of ether oxygens (including phenoxy) is 1. The monoisotopic (exact) mass is 232 g/mol. The molecule has 1 aliphatic heterocycles. The molecule has 0 bridgehead atoms. The third-order valence-electron chi connectivity index (χ3n) is 2.10. The Labute approximate surface area is 95.5 Å². The lowest BCUT2D eigenvalue weighted by atomic mass is 10.3. The van der Waals surface area contributed by atoms with E-state index in [1.54, 1.807) is 11.8 Å². The van der Waals surface area contributed by atoms with Gasteiger partial charge in [0.05, 0.1) is 12.1 Å². The van der Waals surface area contributed by atoms with E-state index >= 15 is 0 Å². The van der Waals surface area contributed by atoms with Crippen molar-refractivity contribution in [3.63, 3.8) is 0 Å². The van der Waals surface area contributed by atoms with Crippen molar-refractivity contribution >= 4 is 17.7 Å². The Morgan fingerprint density at radius 1 is 1.67 bits per heavy atom. The maximum absolute atomic E-state index is 11.5. The summed E-state index contributed by atoms with van der Waals surface area (Å²) in [5.41, 5.74) is 0. The molecule has 0 aliphatic carbocycles. The molecule has 1 amide bonds. The molecular weight excluding hydrogens is 212 g/mol. The van der Waals surface area contributed by atoms with Crippen LogP contribution in [-0.2, 0) is 9.53 Å². The first-order chi connectivity index (χ1) is 7.20. The zero-order valence-corrected chi connectivity index (χ0v) is 10.2. The maximum atomic E-state index is 11.5. The molecule has 1 rings (SSSR count). The highest BCUT2D eigenvalue weighted by molar-refractivity contribution is 7.99. The number of hydrogen-bond donors (Lipinski definition) is 2. The molecule has 0 aromatic heterocycles. The van der Waals surface area contributed by atoms with E-state index in [0.717, 1.165) is 18.1 Å². The topological polar surface area (TPSA) is 50.4 Å². The smallest absolute Gasteiger partial charge is 0.238 e. The summed E-state index contributed by atoms with van der Waals surface area (Å²) >= 11 is 1.76. The van der Waals surface area contributed by atoms with Gasteiger partial charge in [0.2, 0.25) is 5.91 Å². The van der Waals surface area contributed by atoms with E-state index in [1.165, 1.54) is 0 Å². The Morgan fingerprint density at radius 3 is 3.07 bits per heavy atom. The van der Waals surface area contributed by atoms with Crippen LogP contribution in [0.1, 0.15) is 20.3 Å². The fraction of sp³-hybridized carbons (Fsp3) is 0.900. The molecule has 0 spiro atoms. The van der Waals surface area contributed by atoms with Crippen LogP contribution >= 0.6 is 11.8 Å². The van der Waals surface area contributed by atoms with E-state index in [1.807, 2.05) is 13.8 Å². The van der Waals surface area contributed by atoms with Crippen molar-refractivity contribution in [3.05, 3.63) is 0 Å². The summed E-state index contributed by atoms with van der Waals surface area (Å²) in [6.07, 6.45) is 1.15. The molecule has 1 atom stereocenters. The van der Waals surface area contributed by atoms with E-state index in [-0.39, 0.29) is 18.1 Å². The molecule has 2 N–H and O–H groups in total. The fourth-order valence-electron chi connectivity index (χ4n) is 1.29. The van der Waals surface area contributed by atoms with Crippen LogP contribution in [0, 0.1) is 0 Å². The molecule has 4 nitrogen and oxygen atoms in total. The predicted molar refractivity (Wildman–Crippen MR) is 63.0 cm³/mol. The average molecular weight is 232 g/mol. The van der Waals surface area contributed by atoms with E-state index in [0.29, 0.717) is 13.2 Å². The minimum atomic E-state index is 0.000942. The molecule has 1 saturated heterocycles. The van der Waals surface area contributed by atoms with Crippen LogP contribution in [0.25, 0.3) is 0 Å². The van der Waals surface area contributed by atoms with Crippen LogP contribution in [0.5, 0.6) is 0 Å². The van der Waals surface area contributed by atoms with Crippen molar-refractivity contribution in [1.29, 1.82) is 0 Å². The third kappa shape index (κ3) is 5.39. The summed E-state index contributed by atoms with van der Waals surface area (Å²) in [6, 6.07) is 0.000942. The highest BCUT2D eigenvalue weighted by atomic mass is 32.2. The number of amides is 1. The predicted octanol–water partition coefficient (Wildman–Crippen LogP) is 0.580. The molecule has 0 aromatic carbocycles. The SMILES string of the molecule is CC(C)OCCCNC(=O)C1CSCN1. The summed E-state index contributed by atoms with van der Waals surface area (Å²) < 4.78 is 5.38. The summed E-state index contributed by atoms with van der Waals surface area (Å²) in [4.78, 5) is 11.5. The van der Waals surface area contributed by atoms with Crippen molar-refractivity contribution in [2.24, 2.45) is 0 Å². The highest BCUT2D eigenvalue weighted by Crippen LogP contribution is 2.08. The van der Waals surface area contributed by atoms with Crippen molar-refractivity contribution in [3.8, 4) is 0 Å². The Balaban J connectivity index is 1.97. The standard InChI is InChI=1S/C10H20N2O2S/c1-8(2)14-5-3-4-11-10(13)9-6-15-7-12-9/h8-9,12H,3-7H2,1-2H3,(H,11,13). The van der Waals surface area contributed by atoms with Gasteiger partial charge in [-0.05, 0) is 20.3 Å². The van der Waals surface area contributed by atoms with Crippen LogP contribution in [-0.4, -0.2) is 42.8 Å². The van der Waals surface area contributed by atoms with E-state index in [2.05, 4.69) is 10.6 Å². The first-order valence-corrected chi connectivity index (χ1v) is 6.56. The molecule has 5 heteroatoms. The number of thioether (sulfide) groups is 1. The normalized spacial score (nSPS) is 20.9. The third-order valence-corrected chi connectivity index (χ3v) is 3.04. The second kappa shape index (κ2) is 7.09. The Bertz CT molecular complexity index is 194. The van der Waals surface area contributed by atoms with Gasteiger partial charge < -0.3 is 10.1 Å². The van der Waals surface area contributed by atoms with Gasteiger partial charge in [0, 0.05) is 24.8 Å². The van der Waals surface area contributed by atoms with Crippen LogP contribution in [0.2, 0.25) is 0 Å². The molecule has 88 valence electrons. The molecule has 15 heavy (non-hydrogen) atoms. The van der Waals surface area contributed by atoms with Crippen molar-refractivity contribution in [2.45, 2.75) is 32.4 Å². The van der Waals surface area contributed by atoms with Crippen molar-refractivity contribution < 1.29 is 9.53 Å². The lowest BCUT2D eigenvalue weighted by Gasteiger charge is -2.11. The number of hydrogen-bond acceptors (Lipinski definition) is 4. The van der Waals surface area contributed by atoms with Gasteiger partial charge in [-0.1, -0.05) is 0 Å². The summed E-state index contributed by atoms with van der Waals surface area (Å²) in [7, 11) is 0. The number of rotatable bonds is 6. The van der Waals surface area contributed by atoms with E-state index in [4.69, 9.17) is 4.74 Å². The second-order valence-electron chi connectivity index (χ2n) is 3.84. The largest absolute Gasteiger partial charge is 0.379 e. The van der Waals surface area contributed by atoms with Crippen molar-refractivity contribution in [2.75, 3.05) is 24.8 Å². The van der Waals surface area contributed by atoms with E-state index in [9.17, 15) is 4.79 Å². The summed E-state index contributed by atoms with van der Waals surface area (Å²) in [5.74, 6) is 1.88. The second-order valence-corrected chi connectivity index (χ2v) is 4.87. The maximum Gasteiger partial charge on any atom is 0.238 e. The molecule has 1 heterocycles. The molecule has 0 saturated carbocycles. The van der Waals surface area contributed by atoms with Crippen LogP contribution in [0.3, 0.4) is 0 Å². The van der Waals surface area contributed by atoms with Gasteiger partial charge in [0.1, 0.15) is 0 Å². The molecule has 1 unspecified atom stereocenters. The van der Waals surface area contributed by atoms with Crippen LogP contribution in [0.4, 0.5) is 0 Å². The first kappa shape index (κ1) is 12.8. The number of carbonyl (C=O) groups excluding carboxylic acids is 1. The zero-order valence-electron chi connectivity index (χ0n) is 9.41. The summed E-state index contributed by atoms with van der Waals surface area (Å²) in [6.45, 7) is 5.44. The van der Waals surface area contributed by atoms with Gasteiger partial charge in [0.25, 0.3) is 0 Å². The Morgan fingerprint density at radius 2 is 2.47 bits per heavy atom. The molecule has 1 fully saturated rings.